The molecule has 5 rings (SSSR count). The van der Waals surface area contributed by atoms with Crippen LogP contribution in [-0.2, 0) is 4.79 Å². The van der Waals surface area contributed by atoms with Crippen molar-refractivity contribution in [3.8, 4) is 11.6 Å². The Kier molecular flexibility index (Phi) is 5.82. The number of carbonyl (C=O) groups is 2. The Balaban J connectivity index is 1.36. The summed E-state index contributed by atoms with van der Waals surface area (Å²) in [5.74, 6) is -0.188. The van der Waals surface area contributed by atoms with E-state index in [1.165, 1.54) is 4.90 Å². The summed E-state index contributed by atoms with van der Waals surface area (Å²) in [4.78, 5) is 36.3. The highest BCUT2D eigenvalue weighted by molar-refractivity contribution is 6.10. The first-order valence-electron chi connectivity index (χ1n) is 10.7. The summed E-state index contributed by atoms with van der Waals surface area (Å²) in [5.41, 5.74) is 3.49. The number of nitrogens with one attached hydrogen (secondary N) is 1. The summed E-state index contributed by atoms with van der Waals surface area (Å²) in [7, 11) is 0. The van der Waals surface area contributed by atoms with E-state index >= 15 is 0 Å². The second kappa shape index (κ2) is 9.38. The number of rotatable bonds is 6. The molecule has 0 saturated carbocycles. The van der Waals surface area contributed by atoms with E-state index in [0.29, 0.717) is 39.6 Å². The highest BCUT2D eigenvalue weighted by atomic mass is 16.3. The average molecular weight is 448 g/mol. The summed E-state index contributed by atoms with van der Waals surface area (Å²) in [6.45, 7) is -0.147. The third kappa shape index (κ3) is 4.54. The third-order valence-electron chi connectivity index (χ3n) is 5.19. The van der Waals surface area contributed by atoms with Crippen LogP contribution in [0.25, 0.3) is 22.7 Å². The second-order valence-corrected chi connectivity index (χ2v) is 7.56. The highest BCUT2D eigenvalue weighted by Gasteiger charge is 2.21. The lowest BCUT2D eigenvalue weighted by atomic mass is 10.1. The topological polar surface area (TPSA) is 88.3 Å². The predicted octanol–water partition coefficient (Wildman–Crippen LogP) is 5.18. The van der Waals surface area contributed by atoms with Crippen molar-refractivity contribution in [3.63, 3.8) is 0 Å². The van der Waals surface area contributed by atoms with Gasteiger partial charge < -0.3 is 9.73 Å². The van der Waals surface area contributed by atoms with Gasteiger partial charge in [-0.2, -0.15) is 0 Å². The molecule has 0 bridgehead atoms. The Labute approximate surface area is 195 Å². The predicted molar refractivity (Wildman–Crippen MR) is 130 cm³/mol. The molecule has 0 aliphatic heterocycles. The van der Waals surface area contributed by atoms with E-state index < -0.39 is 0 Å². The van der Waals surface area contributed by atoms with Crippen molar-refractivity contribution in [1.29, 1.82) is 0 Å². The first kappa shape index (κ1) is 21.1. The molecule has 7 heteroatoms. The van der Waals surface area contributed by atoms with Gasteiger partial charge in [-0.05, 0) is 48.5 Å². The molecule has 2 amide bonds. The molecule has 2 heterocycles. The number of nitrogens with zero attached hydrogens (tertiary/aromatic N) is 3. The lowest BCUT2D eigenvalue weighted by Crippen LogP contribution is -2.38. The maximum atomic E-state index is 13.2. The Bertz CT molecular complexity index is 1430. The van der Waals surface area contributed by atoms with Crippen LogP contribution < -0.4 is 10.2 Å². The van der Waals surface area contributed by atoms with Crippen LogP contribution in [0.15, 0.2) is 108 Å². The van der Waals surface area contributed by atoms with Crippen molar-refractivity contribution in [2.24, 2.45) is 0 Å². The average Bonchev–Trinajstić information content (AvgIpc) is 3.32. The monoisotopic (exact) mass is 448 g/mol. The van der Waals surface area contributed by atoms with Gasteiger partial charge in [-0.15, -0.1) is 0 Å². The smallest absolute Gasteiger partial charge is 0.258 e. The van der Waals surface area contributed by atoms with Gasteiger partial charge in [0.1, 0.15) is 17.8 Å². The van der Waals surface area contributed by atoms with E-state index in [2.05, 4.69) is 15.3 Å². The molecule has 0 saturated heterocycles. The molecule has 166 valence electrons. The SMILES string of the molecule is O=C(CN(C(=O)c1ccccc1)c1ccccc1)Nc1ccc2nc(-c3ccccn3)oc2c1. The Hall–Kier alpha value is -4.78. The van der Waals surface area contributed by atoms with Crippen LogP contribution in [0.3, 0.4) is 0 Å². The molecular weight excluding hydrogens is 428 g/mol. The molecule has 0 unspecified atom stereocenters. The number of aromatic nitrogens is 2. The maximum Gasteiger partial charge on any atom is 0.258 e. The van der Waals surface area contributed by atoms with Gasteiger partial charge in [-0.25, -0.2) is 4.98 Å². The van der Waals surface area contributed by atoms with Gasteiger partial charge in [-0.1, -0.05) is 42.5 Å². The largest absolute Gasteiger partial charge is 0.435 e. The fourth-order valence-corrected chi connectivity index (χ4v) is 3.57. The minimum Gasteiger partial charge on any atom is -0.435 e. The van der Waals surface area contributed by atoms with Crippen LogP contribution in [0.5, 0.6) is 0 Å². The van der Waals surface area contributed by atoms with Crippen LogP contribution >= 0.6 is 0 Å². The van der Waals surface area contributed by atoms with Crippen molar-refractivity contribution in [1.82, 2.24) is 9.97 Å². The van der Waals surface area contributed by atoms with Crippen LogP contribution in [0, 0.1) is 0 Å². The number of fused-ring (bicyclic) bond motifs is 1. The van der Waals surface area contributed by atoms with Gasteiger partial charge >= 0.3 is 0 Å². The second-order valence-electron chi connectivity index (χ2n) is 7.56. The van der Waals surface area contributed by atoms with Gasteiger partial charge in [0, 0.05) is 29.2 Å². The summed E-state index contributed by atoms with van der Waals surface area (Å²) < 4.78 is 5.83. The van der Waals surface area contributed by atoms with Crippen molar-refractivity contribution in [2.75, 3.05) is 16.8 Å². The summed E-state index contributed by atoms with van der Waals surface area (Å²) in [5, 5.41) is 2.85. The molecule has 2 aromatic heterocycles. The zero-order chi connectivity index (χ0) is 23.3. The molecule has 7 nitrogen and oxygen atoms in total. The quantitative estimate of drug-likeness (QED) is 0.387. The molecule has 0 radical (unpaired) electrons. The Morgan fingerprint density at radius 3 is 2.32 bits per heavy atom. The number of hydrogen-bond acceptors (Lipinski definition) is 5. The number of hydrogen-bond donors (Lipinski definition) is 1. The Morgan fingerprint density at radius 1 is 0.853 bits per heavy atom. The standard InChI is InChI=1S/C27H20N4O3/c32-25(18-31(21-11-5-2-6-12-21)27(33)19-9-3-1-4-10-19)29-20-14-15-22-24(17-20)34-26(30-22)23-13-7-8-16-28-23/h1-17H,18H2,(H,29,32). The Morgan fingerprint density at radius 2 is 1.59 bits per heavy atom. The molecule has 0 fully saturated rings. The van der Waals surface area contributed by atoms with E-state index in [1.54, 1.807) is 60.8 Å². The van der Waals surface area contributed by atoms with Crippen LogP contribution in [-0.4, -0.2) is 28.3 Å². The third-order valence-corrected chi connectivity index (χ3v) is 5.19. The minimum absolute atomic E-state index is 0.147. The summed E-state index contributed by atoms with van der Waals surface area (Å²) >= 11 is 0. The fourth-order valence-electron chi connectivity index (χ4n) is 3.57. The molecule has 0 aliphatic carbocycles. The van der Waals surface area contributed by atoms with E-state index in [-0.39, 0.29) is 18.4 Å². The number of pyridine rings is 1. The molecule has 5 aromatic rings. The number of benzene rings is 3. The zero-order valence-electron chi connectivity index (χ0n) is 18.1. The molecule has 34 heavy (non-hydrogen) atoms. The molecule has 3 aromatic carbocycles. The van der Waals surface area contributed by atoms with Gasteiger partial charge in [0.15, 0.2) is 5.58 Å². The summed E-state index contributed by atoms with van der Waals surface area (Å²) in [6, 6.07) is 28.7. The van der Waals surface area contributed by atoms with Gasteiger partial charge in [0.25, 0.3) is 5.91 Å². The van der Waals surface area contributed by atoms with E-state index in [4.69, 9.17) is 4.42 Å². The number of anilines is 2. The van der Waals surface area contributed by atoms with Crippen LogP contribution in [0.1, 0.15) is 10.4 Å². The number of amides is 2. The lowest BCUT2D eigenvalue weighted by molar-refractivity contribution is -0.114. The summed E-state index contributed by atoms with van der Waals surface area (Å²) in [6.07, 6.45) is 1.67. The van der Waals surface area contributed by atoms with Gasteiger partial charge in [-0.3, -0.25) is 19.5 Å². The fraction of sp³-hybridized carbons (Fsp3) is 0.0370. The van der Waals surface area contributed by atoms with Crippen LogP contribution in [0.4, 0.5) is 11.4 Å². The molecular formula is C27H20N4O3. The maximum absolute atomic E-state index is 13.2. The lowest BCUT2D eigenvalue weighted by Gasteiger charge is -2.22. The molecule has 0 aliphatic rings. The first-order chi connectivity index (χ1) is 16.7. The van der Waals surface area contributed by atoms with Crippen LogP contribution in [0.2, 0.25) is 0 Å². The van der Waals surface area contributed by atoms with Gasteiger partial charge in [0.2, 0.25) is 11.8 Å². The van der Waals surface area contributed by atoms with Crippen molar-refractivity contribution in [3.05, 3.63) is 109 Å². The van der Waals surface area contributed by atoms with Crippen molar-refractivity contribution >= 4 is 34.3 Å². The highest BCUT2D eigenvalue weighted by Crippen LogP contribution is 2.25. The van der Waals surface area contributed by atoms with Crippen molar-refractivity contribution in [2.45, 2.75) is 0 Å². The molecule has 0 spiro atoms. The van der Waals surface area contributed by atoms with E-state index in [1.807, 2.05) is 42.5 Å². The molecule has 0 atom stereocenters. The number of oxazole rings is 1. The minimum atomic E-state index is -0.336. The van der Waals surface area contributed by atoms with Crippen molar-refractivity contribution < 1.29 is 14.0 Å². The molecule has 1 N–H and O–H groups in total. The normalized spacial score (nSPS) is 10.7. The van der Waals surface area contributed by atoms with Gasteiger partial charge in [0.05, 0.1) is 0 Å². The number of carbonyl (C=O) groups excluding carboxylic acids is 2. The zero-order valence-corrected chi connectivity index (χ0v) is 18.1. The van der Waals surface area contributed by atoms with E-state index in [9.17, 15) is 9.59 Å². The van der Waals surface area contributed by atoms with E-state index in [0.717, 1.165) is 0 Å². The first-order valence-corrected chi connectivity index (χ1v) is 10.7. The number of para-hydroxylation sites is 1.